The molecule has 0 fully saturated rings. The monoisotopic (exact) mass is 396 g/mol. The third kappa shape index (κ3) is 4.63. The Morgan fingerprint density at radius 3 is 2.31 bits per heavy atom. The van der Waals surface area contributed by atoms with Crippen LogP contribution in [0.4, 0.5) is 0 Å². The van der Waals surface area contributed by atoms with Gasteiger partial charge < -0.3 is 10.1 Å². The summed E-state index contributed by atoms with van der Waals surface area (Å²) in [5.74, 6) is 0.00585. The molecule has 0 aliphatic rings. The molecule has 2 rings (SSSR count). The van der Waals surface area contributed by atoms with Gasteiger partial charge in [0.25, 0.3) is 15.9 Å². The summed E-state index contributed by atoms with van der Waals surface area (Å²) in [5, 5.41) is 8.25. The highest BCUT2D eigenvalue weighted by molar-refractivity contribution is 7.91. The first-order chi connectivity index (χ1) is 12.3. The maximum Gasteiger partial charge on any atom is 0.262 e. The number of primary sulfonamides is 1. The van der Waals surface area contributed by atoms with E-state index < -0.39 is 10.0 Å². The van der Waals surface area contributed by atoms with E-state index in [2.05, 4.69) is 19.2 Å². The number of hydrogen-bond donors (Lipinski definition) is 2. The van der Waals surface area contributed by atoms with Crippen LogP contribution in [0.1, 0.15) is 48.0 Å². The zero-order valence-corrected chi connectivity index (χ0v) is 16.7. The smallest absolute Gasteiger partial charge is 0.262 e. The number of nitrogens with two attached hydrogens (primary N) is 1. The van der Waals surface area contributed by atoms with E-state index in [0.29, 0.717) is 0 Å². The highest BCUT2D eigenvalue weighted by Gasteiger charge is 2.26. The van der Waals surface area contributed by atoms with Gasteiger partial charge in [-0.15, -0.1) is 11.3 Å². The van der Waals surface area contributed by atoms with Crippen LogP contribution in [0.25, 0.3) is 0 Å². The number of ether oxygens (including phenoxy) is 1. The molecule has 1 heterocycles. The van der Waals surface area contributed by atoms with Crippen molar-refractivity contribution in [2.24, 2.45) is 11.1 Å². The SMILES string of the molecule is CCC(CC)[C@H](NC(=O)c1cc(OC)c(S(N)(=O)=O)s1)c1ccccc1. The Hall–Kier alpha value is -1.90. The fourth-order valence-corrected chi connectivity index (χ4v) is 4.83. The maximum absolute atomic E-state index is 12.8. The predicted octanol–water partition coefficient (Wildman–Crippen LogP) is 3.31. The van der Waals surface area contributed by atoms with Crippen LogP contribution in [-0.4, -0.2) is 21.4 Å². The maximum atomic E-state index is 12.8. The number of nitrogens with one attached hydrogen (secondary N) is 1. The van der Waals surface area contributed by atoms with Gasteiger partial charge in [0.15, 0.2) is 9.96 Å². The third-order valence-corrected chi connectivity index (χ3v) is 6.91. The van der Waals surface area contributed by atoms with Crippen molar-refractivity contribution in [2.75, 3.05) is 7.11 Å². The summed E-state index contributed by atoms with van der Waals surface area (Å²) in [6.45, 7) is 4.17. The molecule has 6 nitrogen and oxygen atoms in total. The van der Waals surface area contributed by atoms with Crippen LogP contribution in [0.5, 0.6) is 5.75 Å². The summed E-state index contributed by atoms with van der Waals surface area (Å²) < 4.78 is 28.2. The van der Waals surface area contributed by atoms with Crippen molar-refractivity contribution in [3.8, 4) is 5.75 Å². The Morgan fingerprint density at radius 1 is 1.23 bits per heavy atom. The van der Waals surface area contributed by atoms with Gasteiger partial charge in [-0.1, -0.05) is 57.0 Å². The highest BCUT2D eigenvalue weighted by Crippen LogP contribution is 2.34. The molecule has 1 amide bonds. The molecule has 0 saturated heterocycles. The summed E-state index contributed by atoms with van der Waals surface area (Å²) in [5.41, 5.74) is 1.02. The standard InChI is InChI=1S/C18H24N2O4S2/c1-4-12(5-2)16(13-9-7-6-8-10-13)20-17(21)15-11-14(24-3)18(25-15)26(19,22)23/h6-12,16H,4-5H2,1-3H3,(H,20,21)(H2,19,22,23)/t16-/m0/s1. The molecule has 1 aromatic heterocycles. The van der Waals surface area contributed by atoms with Crippen molar-refractivity contribution in [3.05, 3.63) is 46.8 Å². The van der Waals surface area contributed by atoms with Crippen molar-refractivity contribution in [1.29, 1.82) is 0 Å². The van der Waals surface area contributed by atoms with Gasteiger partial charge in [0, 0.05) is 6.07 Å². The van der Waals surface area contributed by atoms with Crippen LogP contribution in [-0.2, 0) is 10.0 Å². The van der Waals surface area contributed by atoms with Gasteiger partial charge in [0.2, 0.25) is 0 Å². The first kappa shape index (κ1) is 20.4. The van der Waals surface area contributed by atoms with Crippen molar-refractivity contribution in [3.63, 3.8) is 0 Å². The van der Waals surface area contributed by atoms with E-state index in [9.17, 15) is 13.2 Å². The summed E-state index contributed by atoms with van der Waals surface area (Å²) in [4.78, 5) is 13.0. The summed E-state index contributed by atoms with van der Waals surface area (Å²) in [6, 6.07) is 11.0. The molecule has 0 unspecified atom stereocenters. The molecule has 1 atom stereocenters. The van der Waals surface area contributed by atoms with E-state index >= 15 is 0 Å². The molecular formula is C18H24N2O4S2. The lowest BCUT2D eigenvalue weighted by atomic mass is 9.89. The highest BCUT2D eigenvalue weighted by atomic mass is 32.2. The predicted molar refractivity (Wildman–Crippen MR) is 103 cm³/mol. The molecule has 2 aromatic rings. The average molecular weight is 397 g/mol. The quantitative estimate of drug-likeness (QED) is 0.715. The first-order valence-electron chi connectivity index (χ1n) is 8.38. The third-order valence-electron chi connectivity index (χ3n) is 4.33. The van der Waals surface area contributed by atoms with Gasteiger partial charge in [0.1, 0.15) is 0 Å². The first-order valence-corrected chi connectivity index (χ1v) is 10.7. The van der Waals surface area contributed by atoms with E-state index in [0.717, 1.165) is 29.7 Å². The Balaban J connectivity index is 2.34. The topological polar surface area (TPSA) is 98.5 Å². The van der Waals surface area contributed by atoms with Gasteiger partial charge >= 0.3 is 0 Å². The molecule has 142 valence electrons. The number of hydrogen-bond acceptors (Lipinski definition) is 5. The van der Waals surface area contributed by atoms with Crippen molar-refractivity contribution in [2.45, 2.75) is 36.9 Å². The van der Waals surface area contributed by atoms with Crippen molar-refractivity contribution < 1.29 is 17.9 Å². The lowest BCUT2D eigenvalue weighted by Crippen LogP contribution is -2.32. The molecule has 3 N–H and O–H groups in total. The molecule has 0 aliphatic carbocycles. The minimum Gasteiger partial charge on any atom is -0.494 e. The molecule has 0 saturated carbocycles. The van der Waals surface area contributed by atoms with Gasteiger partial charge in [-0.25, -0.2) is 13.6 Å². The number of thiophene rings is 1. The number of benzene rings is 1. The van der Waals surface area contributed by atoms with Crippen LogP contribution in [0, 0.1) is 5.92 Å². The van der Waals surface area contributed by atoms with Gasteiger partial charge in [-0.3, -0.25) is 4.79 Å². The zero-order chi connectivity index (χ0) is 19.3. The van der Waals surface area contributed by atoms with Crippen LogP contribution >= 0.6 is 11.3 Å². The summed E-state index contributed by atoms with van der Waals surface area (Å²) in [6.07, 6.45) is 1.82. The minimum absolute atomic E-state index is 0.0847. The van der Waals surface area contributed by atoms with Crippen molar-refractivity contribution >= 4 is 27.3 Å². The minimum atomic E-state index is -3.95. The fourth-order valence-electron chi connectivity index (χ4n) is 2.92. The Morgan fingerprint density at radius 2 is 1.85 bits per heavy atom. The molecule has 0 bridgehead atoms. The summed E-state index contributed by atoms with van der Waals surface area (Å²) in [7, 11) is -2.61. The van der Waals surface area contributed by atoms with E-state index in [4.69, 9.17) is 9.88 Å². The summed E-state index contributed by atoms with van der Waals surface area (Å²) >= 11 is 0.813. The lowest BCUT2D eigenvalue weighted by molar-refractivity contribution is 0.0923. The van der Waals surface area contributed by atoms with E-state index in [1.54, 1.807) is 0 Å². The molecule has 8 heteroatoms. The van der Waals surface area contributed by atoms with E-state index in [-0.39, 0.29) is 32.7 Å². The van der Waals surface area contributed by atoms with Gasteiger partial charge in [0.05, 0.1) is 18.0 Å². The fraction of sp³-hybridized carbons (Fsp3) is 0.389. The number of methoxy groups -OCH3 is 1. The largest absolute Gasteiger partial charge is 0.494 e. The second kappa shape index (κ2) is 8.66. The molecule has 26 heavy (non-hydrogen) atoms. The van der Waals surface area contributed by atoms with Crippen LogP contribution in [0.15, 0.2) is 40.6 Å². The van der Waals surface area contributed by atoms with E-state index in [1.165, 1.54) is 13.2 Å². The molecule has 1 aromatic carbocycles. The molecule has 0 aliphatic heterocycles. The van der Waals surface area contributed by atoms with Crippen LogP contribution in [0.2, 0.25) is 0 Å². The number of rotatable bonds is 8. The average Bonchev–Trinajstić information content (AvgIpc) is 3.07. The van der Waals surface area contributed by atoms with Gasteiger partial charge in [-0.05, 0) is 11.5 Å². The molecule has 0 radical (unpaired) electrons. The second-order valence-corrected chi connectivity index (χ2v) is 8.76. The Labute approximate surface area is 158 Å². The van der Waals surface area contributed by atoms with Crippen molar-refractivity contribution in [1.82, 2.24) is 5.32 Å². The second-order valence-electron chi connectivity index (χ2n) is 5.95. The number of amides is 1. The zero-order valence-electron chi connectivity index (χ0n) is 15.1. The van der Waals surface area contributed by atoms with E-state index in [1.807, 2.05) is 30.3 Å². The lowest BCUT2D eigenvalue weighted by Gasteiger charge is -2.26. The Kier molecular flexibility index (Phi) is 6.80. The van der Waals surface area contributed by atoms with Crippen LogP contribution in [0.3, 0.4) is 0 Å². The Bertz CT molecular complexity index is 843. The van der Waals surface area contributed by atoms with Crippen LogP contribution < -0.4 is 15.2 Å². The molecular weight excluding hydrogens is 372 g/mol. The van der Waals surface area contributed by atoms with Gasteiger partial charge in [-0.2, -0.15) is 0 Å². The number of carbonyl (C=O) groups excluding carboxylic acids is 1. The normalized spacial score (nSPS) is 12.8. The number of carbonyl (C=O) groups is 1. The number of sulfonamides is 1. The molecule has 0 spiro atoms.